The third-order valence-electron chi connectivity index (χ3n) is 13.7. The molecule has 4 aromatic carbocycles. The molecule has 522 valence electrons. The lowest BCUT2D eigenvalue weighted by molar-refractivity contribution is -0.119. The van der Waals surface area contributed by atoms with Crippen molar-refractivity contribution >= 4 is 60.2 Å². The number of phenols is 1. The van der Waals surface area contributed by atoms with Crippen LogP contribution in [0.5, 0.6) is 5.75 Å². The number of primary amides is 2. The van der Waals surface area contributed by atoms with E-state index in [2.05, 4.69) is 90.4 Å². The summed E-state index contributed by atoms with van der Waals surface area (Å²) in [5.41, 5.74) is 25.4. The second-order valence-corrected chi connectivity index (χ2v) is 22.6. The smallest absolute Gasteiger partial charge is 0.315 e. The van der Waals surface area contributed by atoms with Gasteiger partial charge in [0.1, 0.15) is 11.8 Å². The third-order valence-corrected chi connectivity index (χ3v) is 13.7. The standard InChI is InChI=1S/C33H53N11O6.C30H46N10O5/c1-22(2)16-26(42-29(35)46)20-41-33(50)44-27(18-23-6-4-3-5-7-23)21-40-31(48)38-13-12-36-30(47)37-14-15-39-32(49)43-25(19-34)17-24-8-10-28(45)11-9-24;1-20(37-30(45)38-21(2)26(32)41)17-34-28(43)39-25(16-23-11-7-4-8-12-23)19-36-29(44)40-24(15-22-9-5-3-6-10-22)18-35-27(42)33-14-13-31/h3-11,22,25-27,45H,12-21,34H2,1-2H3,(H3,35,42,46)(H2,36,37,47)(H2,38,40,48)(H2,39,43,49)(H2,41,44,50);3-12,20-21,24-25H,13-19,31H2,1-2H3,(H2,32,41)(H2,33,35,42)(H2,34,39,43)(H2,36,40,44)(H2,37,38,45)/t;20-,21+,24?,25?/m.0/s1. The summed E-state index contributed by atoms with van der Waals surface area (Å²) in [5.74, 6) is -0.239. The molecule has 19 amide bonds. The van der Waals surface area contributed by atoms with Gasteiger partial charge in [0.05, 0.1) is 18.1 Å². The number of nitrogens with one attached hydrogen (secondary N) is 17. The first-order chi connectivity index (χ1) is 45.5. The Morgan fingerprint density at radius 3 is 1.08 bits per heavy atom. The molecule has 4 rings (SSSR count). The Labute approximate surface area is 554 Å². The van der Waals surface area contributed by atoms with Gasteiger partial charge in [-0.3, -0.25) is 4.79 Å². The number of hydrogen-bond acceptors (Lipinski definition) is 13. The normalized spacial score (nSPS) is 12.7. The quantitative estimate of drug-likeness (QED) is 0.0260. The molecule has 32 heteroatoms. The van der Waals surface area contributed by atoms with Crippen molar-refractivity contribution in [2.75, 3.05) is 78.5 Å². The van der Waals surface area contributed by atoms with Crippen LogP contribution in [-0.2, 0) is 30.5 Å². The summed E-state index contributed by atoms with van der Waals surface area (Å²) in [6.45, 7) is 9.33. The molecule has 5 unspecified atom stereocenters. The van der Waals surface area contributed by atoms with Crippen LogP contribution in [0.2, 0.25) is 0 Å². The molecule has 0 aliphatic heterocycles. The van der Waals surface area contributed by atoms with Gasteiger partial charge in [0.2, 0.25) is 5.91 Å². The number of phenolic OH excluding ortho intramolecular Hbond substituents is 1. The summed E-state index contributed by atoms with van der Waals surface area (Å²) in [5, 5.41) is 55.4. The molecule has 26 N–H and O–H groups in total. The lowest BCUT2D eigenvalue weighted by Crippen LogP contribution is -2.55. The second kappa shape index (κ2) is 45.7. The van der Waals surface area contributed by atoms with E-state index in [0.717, 1.165) is 22.3 Å². The van der Waals surface area contributed by atoms with E-state index in [1.54, 1.807) is 31.2 Å². The van der Waals surface area contributed by atoms with Gasteiger partial charge >= 0.3 is 54.3 Å². The van der Waals surface area contributed by atoms with Gasteiger partial charge in [-0.05, 0) is 86.3 Å². The Kier molecular flexibility index (Phi) is 37.9. The molecule has 4 aromatic rings. The van der Waals surface area contributed by atoms with Crippen molar-refractivity contribution in [2.24, 2.45) is 28.9 Å². The Hall–Kier alpha value is -10.5. The number of amides is 19. The molecule has 0 heterocycles. The van der Waals surface area contributed by atoms with Gasteiger partial charge in [0.15, 0.2) is 0 Å². The van der Waals surface area contributed by atoms with Gasteiger partial charge < -0.3 is 118 Å². The summed E-state index contributed by atoms with van der Waals surface area (Å²) >= 11 is 0. The van der Waals surface area contributed by atoms with Crippen molar-refractivity contribution in [3.63, 3.8) is 0 Å². The Morgan fingerprint density at radius 1 is 0.358 bits per heavy atom. The molecule has 32 nitrogen and oxygen atoms in total. The maximum absolute atomic E-state index is 13.0. The zero-order valence-corrected chi connectivity index (χ0v) is 54.4. The SMILES string of the molecule is CC(C)CC(CNC(=O)NC(CNC(=O)NCCNC(=O)NCCNC(=O)NC(CN)Cc1ccc(O)cc1)Cc1ccccc1)NC(N)=O.C[C@@H](CNC(=O)NC(CNC(=O)NC(CNC(=O)NCCN)Cc1ccccc1)Cc1ccccc1)NC(=O)N[C@H](C)C(N)=O. The zero-order valence-electron chi connectivity index (χ0n) is 54.4. The number of carbonyl (C=O) groups is 10. The van der Waals surface area contributed by atoms with E-state index < -0.39 is 84.4 Å². The van der Waals surface area contributed by atoms with Crippen LogP contribution in [0.3, 0.4) is 0 Å². The lowest BCUT2D eigenvalue weighted by Gasteiger charge is -2.23. The van der Waals surface area contributed by atoms with Gasteiger partial charge in [-0.2, -0.15) is 0 Å². The van der Waals surface area contributed by atoms with Crippen molar-refractivity contribution in [1.29, 1.82) is 0 Å². The number of aromatic hydroxyl groups is 1. The molecular weight excluding hydrogens is 1230 g/mol. The second-order valence-electron chi connectivity index (χ2n) is 22.6. The minimum absolute atomic E-state index is 0.100. The first kappa shape index (κ1) is 78.7. The monoisotopic (exact) mass is 1330 g/mol. The van der Waals surface area contributed by atoms with Crippen LogP contribution in [0.15, 0.2) is 115 Å². The molecule has 7 atom stereocenters. The highest BCUT2D eigenvalue weighted by Crippen LogP contribution is 2.12. The maximum Gasteiger partial charge on any atom is 0.315 e. The fourth-order valence-corrected chi connectivity index (χ4v) is 9.01. The number of hydrogen-bond donors (Lipinski definition) is 22. The highest BCUT2D eigenvalue weighted by atomic mass is 16.3. The summed E-state index contributed by atoms with van der Waals surface area (Å²) in [6, 6.07) is 27.5. The molecule has 0 aliphatic rings. The van der Waals surface area contributed by atoms with E-state index in [4.69, 9.17) is 22.9 Å². The summed E-state index contributed by atoms with van der Waals surface area (Å²) in [6.07, 6.45) is 2.50. The van der Waals surface area contributed by atoms with E-state index in [1.807, 2.05) is 105 Å². The molecule has 0 saturated heterocycles. The van der Waals surface area contributed by atoms with Gasteiger partial charge in [0, 0.05) is 96.7 Å². The van der Waals surface area contributed by atoms with Gasteiger partial charge in [0.25, 0.3) is 0 Å². The topological polar surface area (TPSA) is 500 Å². The number of rotatable bonds is 37. The number of benzene rings is 4. The number of nitrogens with two attached hydrogens (primary N) is 4. The summed E-state index contributed by atoms with van der Waals surface area (Å²) in [7, 11) is 0. The van der Waals surface area contributed by atoms with E-state index in [9.17, 15) is 53.1 Å². The molecule has 0 radical (unpaired) electrons. The predicted octanol–water partition coefficient (Wildman–Crippen LogP) is -0.220. The van der Waals surface area contributed by atoms with Crippen LogP contribution in [0.1, 0.15) is 56.4 Å². The van der Waals surface area contributed by atoms with E-state index in [0.29, 0.717) is 45.2 Å². The highest BCUT2D eigenvalue weighted by Gasteiger charge is 2.22. The van der Waals surface area contributed by atoms with E-state index in [1.165, 1.54) is 6.92 Å². The average molecular weight is 1330 g/mol. The van der Waals surface area contributed by atoms with Crippen molar-refractivity contribution in [2.45, 2.75) is 102 Å². The molecule has 95 heavy (non-hydrogen) atoms. The van der Waals surface area contributed by atoms with Gasteiger partial charge in [-0.15, -0.1) is 0 Å². The van der Waals surface area contributed by atoms with Crippen LogP contribution in [0.4, 0.5) is 43.2 Å². The fraction of sp³-hybridized carbons (Fsp3) is 0.460. The van der Waals surface area contributed by atoms with Crippen LogP contribution in [0, 0.1) is 5.92 Å². The Balaban J connectivity index is 0.000000498. The molecule has 0 aromatic heterocycles. The van der Waals surface area contributed by atoms with Crippen molar-refractivity contribution in [1.82, 2.24) is 90.4 Å². The minimum atomic E-state index is -0.845. The number of urea groups is 9. The minimum Gasteiger partial charge on any atom is -0.508 e. The molecular formula is C63H99N21O11. The maximum atomic E-state index is 13.0. The fourth-order valence-electron chi connectivity index (χ4n) is 9.01. The first-order valence-electron chi connectivity index (χ1n) is 31.4. The summed E-state index contributed by atoms with van der Waals surface area (Å²) < 4.78 is 0. The largest absolute Gasteiger partial charge is 0.508 e. The van der Waals surface area contributed by atoms with Gasteiger partial charge in [-0.1, -0.05) is 117 Å². The Morgan fingerprint density at radius 2 is 0.695 bits per heavy atom. The van der Waals surface area contributed by atoms with Crippen LogP contribution < -0.4 is 113 Å². The van der Waals surface area contributed by atoms with Crippen LogP contribution in [0.25, 0.3) is 0 Å². The third kappa shape index (κ3) is 38.2. The van der Waals surface area contributed by atoms with Crippen molar-refractivity contribution < 1.29 is 53.1 Å². The van der Waals surface area contributed by atoms with Crippen molar-refractivity contribution in [3.05, 3.63) is 138 Å². The lowest BCUT2D eigenvalue weighted by atomic mass is 10.0. The predicted molar refractivity (Wildman–Crippen MR) is 362 cm³/mol. The average Bonchev–Trinajstić information content (AvgIpc) is 2.03. The highest BCUT2D eigenvalue weighted by molar-refractivity contribution is 5.85. The van der Waals surface area contributed by atoms with Crippen molar-refractivity contribution in [3.8, 4) is 5.75 Å². The zero-order chi connectivity index (χ0) is 69.8. The molecule has 0 spiro atoms. The Bertz CT molecular complexity index is 2940. The van der Waals surface area contributed by atoms with E-state index >= 15 is 0 Å². The first-order valence-corrected chi connectivity index (χ1v) is 31.4. The molecule has 0 fully saturated rings. The molecule has 0 saturated carbocycles. The van der Waals surface area contributed by atoms with Crippen LogP contribution >= 0.6 is 0 Å². The number of carbonyl (C=O) groups excluding carboxylic acids is 10. The molecule has 0 bridgehead atoms. The van der Waals surface area contributed by atoms with E-state index in [-0.39, 0.29) is 95.2 Å². The summed E-state index contributed by atoms with van der Waals surface area (Å²) in [4.78, 5) is 122. The molecule has 0 aliphatic carbocycles. The van der Waals surface area contributed by atoms with Crippen LogP contribution in [-0.4, -0.2) is 186 Å². The van der Waals surface area contributed by atoms with Gasteiger partial charge in [-0.25, -0.2) is 43.2 Å².